The fourth-order valence-electron chi connectivity index (χ4n) is 2.67. The summed E-state index contributed by atoms with van der Waals surface area (Å²) in [7, 11) is 0. The number of rotatable bonds is 8. The summed E-state index contributed by atoms with van der Waals surface area (Å²) in [6.45, 7) is 7.01. The molecule has 0 bridgehead atoms. The third-order valence-corrected chi connectivity index (χ3v) is 3.93. The second kappa shape index (κ2) is 7.63. The van der Waals surface area contributed by atoms with Crippen LogP contribution in [0.2, 0.25) is 0 Å². The predicted octanol–water partition coefficient (Wildman–Crippen LogP) is 2.26. The molecule has 106 valence electrons. The number of hydrogen-bond donors (Lipinski definition) is 1. The average Bonchev–Trinajstić information content (AvgIpc) is 2.41. The largest absolute Gasteiger partial charge is 0.374 e. The first-order valence-corrected chi connectivity index (χ1v) is 7.39. The summed E-state index contributed by atoms with van der Waals surface area (Å²) in [6.07, 6.45) is 2.86. The number of nitrogens with two attached hydrogens (primary N) is 1. The van der Waals surface area contributed by atoms with Gasteiger partial charge in [-0.2, -0.15) is 0 Å². The van der Waals surface area contributed by atoms with Crippen LogP contribution in [0.1, 0.15) is 25.3 Å². The lowest BCUT2D eigenvalue weighted by atomic mass is 9.82. The number of ether oxygens (including phenoxy) is 1. The van der Waals surface area contributed by atoms with Crippen LogP contribution in [0.3, 0.4) is 0 Å². The molecule has 1 aliphatic rings. The van der Waals surface area contributed by atoms with Gasteiger partial charge in [-0.05, 0) is 30.9 Å². The van der Waals surface area contributed by atoms with Gasteiger partial charge in [-0.1, -0.05) is 37.3 Å². The van der Waals surface area contributed by atoms with E-state index in [1.807, 2.05) is 6.07 Å². The maximum absolute atomic E-state index is 5.93. The molecule has 0 amide bonds. The van der Waals surface area contributed by atoms with Gasteiger partial charge in [0.1, 0.15) is 0 Å². The third kappa shape index (κ3) is 4.60. The normalized spacial score (nSPS) is 22.5. The number of nitrogens with zero attached hydrogens (tertiary/aromatic N) is 1. The van der Waals surface area contributed by atoms with E-state index in [-0.39, 0.29) is 0 Å². The van der Waals surface area contributed by atoms with E-state index in [1.54, 1.807) is 0 Å². The van der Waals surface area contributed by atoms with Crippen LogP contribution >= 0.6 is 0 Å². The van der Waals surface area contributed by atoms with Crippen LogP contribution in [-0.2, 0) is 11.3 Å². The highest BCUT2D eigenvalue weighted by atomic mass is 16.5. The minimum absolute atomic E-state index is 0.460. The molecule has 2 rings (SSSR count). The van der Waals surface area contributed by atoms with Gasteiger partial charge in [0.15, 0.2) is 0 Å². The van der Waals surface area contributed by atoms with Crippen LogP contribution in [0.5, 0.6) is 0 Å². The molecule has 1 fully saturated rings. The molecule has 0 radical (unpaired) electrons. The lowest BCUT2D eigenvalue weighted by molar-refractivity contribution is -0.0474. The number of hydrogen-bond acceptors (Lipinski definition) is 3. The molecule has 2 N–H and O–H groups in total. The Labute approximate surface area is 116 Å². The minimum atomic E-state index is 0.460. The van der Waals surface area contributed by atoms with Crippen molar-refractivity contribution in [3.63, 3.8) is 0 Å². The van der Waals surface area contributed by atoms with E-state index in [1.165, 1.54) is 24.9 Å². The van der Waals surface area contributed by atoms with E-state index in [0.717, 1.165) is 32.2 Å². The average molecular weight is 262 g/mol. The molecule has 0 aliphatic heterocycles. The van der Waals surface area contributed by atoms with Crippen molar-refractivity contribution in [3.8, 4) is 0 Å². The molecule has 0 aromatic heterocycles. The topological polar surface area (TPSA) is 38.5 Å². The molecule has 0 atom stereocenters. The minimum Gasteiger partial charge on any atom is -0.374 e. The fraction of sp³-hybridized carbons (Fsp3) is 0.625. The molecule has 0 heterocycles. The summed E-state index contributed by atoms with van der Waals surface area (Å²) in [5.41, 5.74) is 6.88. The van der Waals surface area contributed by atoms with Gasteiger partial charge in [0.05, 0.1) is 12.7 Å². The maximum Gasteiger partial charge on any atom is 0.0720 e. The second-order valence-electron chi connectivity index (χ2n) is 5.44. The van der Waals surface area contributed by atoms with Crippen molar-refractivity contribution in [1.29, 1.82) is 0 Å². The first-order valence-electron chi connectivity index (χ1n) is 7.39. The van der Waals surface area contributed by atoms with Crippen molar-refractivity contribution in [2.45, 2.75) is 32.5 Å². The van der Waals surface area contributed by atoms with Crippen LogP contribution in [0.4, 0.5) is 0 Å². The van der Waals surface area contributed by atoms with Crippen molar-refractivity contribution < 1.29 is 4.74 Å². The Balaban J connectivity index is 1.61. The van der Waals surface area contributed by atoms with Gasteiger partial charge >= 0.3 is 0 Å². The van der Waals surface area contributed by atoms with E-state index in [2.05, 4.69) is 36.1 Å². The Morgan fingerprint density at radius 2 is 2.00 bits per heavy atom. The summed E-state index contributed by atoms with van der Waals surface area (Å²) in [6, 6.07) is 10.4. The van der Waals surface area contributed by atoms with Gasteiger partial charge < -0.3 is 15.4 Å². The Bertz CT molecular complexity index is 349. The molecule has 0 saturated heterocycles. The fourth-order valence-corrected chi connectivity index (χ4v) is 2.67. The Hall–Kier alpha value is -0.900. The number of benzene rings is 1. The standard InChI is InChI=1S/C16H26N2O/c1-2-18(9-8-17)12-15-10-16(11-15)19-13-14-6-4-3-5-7-14/h3-7,15-16H,2,8-13,17H2,1H3. The van der Waals surface area contributed by atoms with Crippen LogP contribution < -0.4 is 5.73 Å². The van der Waals surface area contributed by atoms with Crippen molar-refractivity contribution in [2.75, 3.05) is 26.2 Å². The molecule has 1 aromatic rings. The quantitative estimate of drug-likeness (QED) is 0.781. The summed E-state index contributed by atoms with van der Waals surface area (Å²) < 4.78 is 5.93. The smallest absolute Gasteiger partial charge is 0.0720 e. The molecule has 3 heteroatoms. The summed E-state index contributed by atoms with van der Waals surface area (Å²) in [4.78, 5) is 2.44. The molecule has 1 saturated carbocycles. The molecular weight excluding hydrogens is 236 g/mol. The first-order chi connectivity index (χ1) is 9.31. The third-order valence-electron chi connectivity index (χ3n) is 3.93. The van der Waals surface area contributed by atoms with Crippen molar-refractivity contribution in [1.82, 2.24) is 4.90 Å². The molecule has 1 aromatic carbocycles. The molecule has 0 unspecified atom stereocenters. The lowest BCUT2D eigenvalue weighted by Crippen LogP contribution is -2.41. The highest BCUT2D eigenvalue weighted by Crippen LogP contribution is 2.31. The van der Waals surface area contributed by atoms with Gasteiger partial charge in [0.2, 0.25) is 0 Å². The van der Waals surface area contributed by atoms with Gasteiger partial charge in [-0.15, -0.1) is 0 Å². The van der Waals surface area contributed by atoms with E-state index in [0.29, 0.717) is 6.10 Å². The lowest BCUT2D eigenvalue weighted by Gasteiger charge is -2.38. The van der Waals surface area contributed by atoms with Crippen LogP contribution in [0.25, 0.3) is 0 Å². The first kappa shape index (κ1) is 14.5. The summed E-state index contributed by atoms with van der Waals surface area (Å²) in [5.74, 6) is 0.798. The van der Waals surface area contributed by atoms with E-state index in [9.17, 15) is 0 Å². The molecule has 19 heavy (non-hydrogen) atoms. The summed E-state index contributed by atoms with van der Waals surface area (Å²) >= 11 is 0. The maximum atomic E-state index is 5.93. The van der Waals surface area contributed by atoms with Crippen LogP contribution in [0, 0.1) is 5.92 Å². The highest BCUT2D eigenvalue weighted by molar-refractivity contribution is 5.13. The SMILES string of the molecule is CCN(CCN)CC1CC(OCc2ccccc2)C1. The van der Waals surface area contributed by atoms with E-state index in [4.69, 9.17) is 10.5 Å². The number of likely N-dealkylation sites (N-methyl/N-ethyl adjacent to an activating group) is 1. The van der Waals surface area contributed by atoms with E-state index < -0.39 is 0 Å². The second-order valence-corrected chi connectivity index (χ2v) is 5.44. The van der Waals surface area contributed by atoms with Crippen molar-refractivity contribution >= 4 is 0 Å². The zero-order chi connectivity index (χ0) is 13.5. The summed E-state index contributed by atoms with van der Waals surface area (Å²) in [5, 5.41) is 0. The van der Waals surface area contributed by atoms with Crippen LogP contribution in [0.15, 0.2) is 30.3 Å². The predicted molar refractivity (Wildman–Crippen MR) is 78.9 cm³/mol. The Kier molecular flexibility index (Phi) is 5.83. The van der Waals surface area contributed by atoms with E-state index >= 15 is 0 Å². The zero-order valence-electron chi connectivity index (χ0n) is 11.9. The monoisotopic (exact) mass is 262 g/mol. The van der Waals surface area contributed by atoms with Gasteiger partial charge in [-0.3, -0.25) is 0 Å². The van der Waals surface area contributed by atoms with Crippen molar-refractivity contribution in [3.05, 3.63) is 35.9 Å². The molecule has 0 spiro atoms. The van der Waals surface area contributed by atoms with Crippen molar-refractivity contribution in [2.24, 2.45) is 11.7 Å². The Morgan fingerprint density at radius 1 is 1.26 bits per heavy atom. The molecular formula is C16H26N2O. The Morgan fingerprint density at radius 3 is 2.63 bits per heavy atom. The molecule has 3 nitrogen and oxygen atoms in total. The highest BCUT2D eigenvalue weighted by Gasteiger charge is 2.30. The molecule has 1 aliphatic carbocycles. The zero-order valence-corrected chi connectivity index (χ0v) is 11.9. The van der Waals surface area contributed by atoms with Gasteiger partial charge in [0.25, 0.3) is 0 Å². The van der Waals surface area contributed by atoms with Crippen LogP contribution in [-0.4, -0.2) is 37.2 Å². The van der Waals surface area contributed by atoms with Gasteiger partial charge in [0, 0.05) is 19.6 Å². The van der Waals surface area contributed by atoms with Gasteiger partial charge in [-0.25, -0.2) is 0 Å².